The molecule has 408 valence electrons. The third-order valence-corrected chi connectivity index (χ3v) is 22.3. The van der Waals surface area contributed by atoms with Crippen LogP contribution in [-0.4, -0.2) is 0 Å². The molecule has 0 heterocycles. The molecule has 8 bridgehead atoms. The van der Waals surface area contributed by atoms with Crippen LogP contribution in [0.1, 0.15) is 372 Å². The lowest BCUT2D eigenvalue weighted by atomic mass is 9.56. The van der Waals surface area contributed by atoms with Crippen molar-refractivity contribution < 1.29 is 0 Å². The lowest BCUT2D eigenvalue weighted by Gasteiger charge is -2.49. The zero-order chi connectivity index (χ0) is 47.9. The van der Waals surface area contributed by atoms with E-state index in [-0.39, 0.29) is 0 Å². The van der Waals surface area contributed by atoms with Crippen LogP contribution < -0.4 is 0 Å². The molecule has 0 amide bonds. The van der Waals surface area contributed by atoms with Crippen LogP contribution >= 0.6 is 0 Å². The lowest BCUT2D eigenvalue weighted by molar-refractivity contribution is 0.0198. The first kappa shape index (κ1) is 57.7. The first-order chi connectivity index (χ1) is 34.8. The summed E-state index contributed by atoms with van der Waals surface area (Å²) in [6.45, 7) is 0. The number of hydrogen-bond acceptors (Lipinski definition) is 0. The SMILES string of the molecule is C1C2CC3CC1CC(C2)C3.C1CC1.C1CC2C3CCC(C3)C2C1.C1CC2CCC1C2.C1CCC1.C1CCC2CCCCC2C1.C1CCCC1.C1CCCCC1.C1CCCCCC1.C1CCCCCCC1. The third-order valence-electron chi connectivity index (χ3n) is 22.3. The molecule has 0 radical (unpaired) electrons. The molecule has 4 atom stereocenters. The second-order valence-electron chi connectivity index (χ2n) is 28.3. The van der Waals surface area contributed by atoms with Gasteiger partial charge in [-0.1, -0.05) is 295 Å². The highest BCUT2D eigenvalue weighted by atomic mass is 14.5. The van der Waals surface area contributed by atoms with Crippen molar-refractivity contribution in [2.75, 3.05) is 0 Å². The average molecular weight is 970 g/mol. The Bertz CT molecular complexity index is 1030. The topological polar surface area (TPSA) is 0 Å². The number of hydrogen-bond donors (Lipinski definition) is 0. The molecule has 17 aliphatic carbocycles. The summed E-state index contributed by atoms with van der Waals surface area (Å²) < 4.78 is 0. The van der Waals surface area contributed by atoms with Crippen molar-refractivity contribution in [2.45, 2.75) is 372 Å². The Kier molecular flexibility index (Phi) is 29.8. The van der Waals surface area contributed by atoms with Gasteiger partial charge in [-0.2, -0.15) is 0 Å². The molecule has 0 aromatic carbocycles. The molecule has 17 rings (SSSR count). The van der Waals surface area contributed by atoms with Gasteiger partial charge in [-0.05, 0) is 148 Å². The molecule has 17 saturated carbocycles. The molecular formula is C70H128. The molecule has 17 fully saturated rings. The minimum Gasteiger partial charge on any atom is -0.0533 e. The van der Waals surface area contributed by atoms with Crippen molar-refractivity contribution in [3.8, 4) is 0 Å². The Hall–Kier alpha value is 0. The zero-order valence-corrected chi connectivity index (χ0v) is 47.9. The van der Waals surface area contributed by atoms with Crippen molar-refractivity contribution in [3.63, 3.8) is 0 Å². The van der Waals surface area contributed by atoms with Crippen LogP contribution in [0.15, 0.2) is 0 Å². The van der Waals surface area contributed by atoms with E-state index in [0.717, 1.165) is 11.8 Å². The van der Waals surface area contributed by atoms with Gasteiger partial charge in [0.2, 0.25) is 0 Å². The lowest BCUT2D eigenvalue weighted by Crippen LogP contribution is -2.38. The first-order valence-corrected chi connectivity index (χ1v) is 34.8. The fourth-order valence-corrected chi connectivity index (χ4v) is 17.9. The van der Waals surface area contributed by atoms with Crippen LogP contribution in [0.5, 0.6) is 0 Å². The Morgan fingerprint density at radius 2 is 0.314 bits per heavy atom. The van der Waals surface area contributed by atoms with E-state index in [1.807, 2.05) is 0 Å². The van der Waals surface area contributed by atoms with Crippen LogP contribution in [0.25, 0.3) is 0 Å². The monoisotopic (exact) mass is 969 g/mol. The molecule has 0 heteroatoms. The average Bonchev–Trinajstić information content (AvgIpc) is 3.95. The van der Waals surface area contributed by atoms with Crippen LogP contribution in [0.2, 0.25) is 0 Å². The maximum atomic E-state index is 1.62. The van der Waals surface area contributed by atoms with Gasteiger partial charge in [0, 0.05) is 0 Å². The van der Waals surface area contributed by atoms with E-state index < -0.39 is 0 Å². The molecule has 0 aliphatic heterocycles. The molecule has 17 aliphatic rings. The molecule has 0 N–H and O–H groups in total. The Morgan fingerprint density at radius 1 is 0.114 bits per heavy atom. The maximum Gasteiger partial charge on any atom is -0.0355 e. The molecule has 4 unspecified atom stereocenters. The highest BCUT2D eigenvalue weighted by Gasteiger charge is 2.49. The van der Waals surface area contributed by atoms with Crippen molar-refractivity contribution >= 4 is 0 Å². The van der Waals surface area contributed by atoms with Gasteiger partial charge in [-0.25, -0.2) is 0 Å². The zero-order valence-electron chi connectivity index (χ0n) is 47.9. The normalized spacial score (nSPS) is 38.4. The van der Waals surface area contributed by atoms with E-state index in [9.17, 15) is 0 Å². The van der Waals surface area contributed by atoms with Crippen LogP contribution in [0.3, 0.4) is 0 Å². The molecule has 0 nitrogen and oxygen atoms in total. The molecule has 70 heavy (non-hydrogen) atoms. The van der Waals surface area contributed by atoms with Crippen molar-refractivity contribution in [3.05, 3.63) is 0 Å². The van der Waals surface area contributed by atoms with E-state index in [1.54, 1.807) is 135 Å². The van der Waals surface area contributed by atoms with Crippen LogP contribution in [0, 0.1) is 71.0 Å². The van der Waals surface area contributed by atoms with E-state index in [1.165, 1.54) is 297 Å². The van der Waals surface area contributed by atoms with Gasteiger partial charge in [-0.15, -0.1) is 0 Å². The van der Waals surface area contributed by atoms with Gasteiger partial charge in [-0.3, -0.25) is 0 Å². The molecule has 0 saturated heterocycles. The minimum atomic E-state index is 1.16. The number of rotatable bonds is 0. The van der Waals surface area contributed by atoms with Gasteiger partial charge >= 0.3 is 0 Å². The van der Waals surface area contributed by atoms with Gasteiger partial charge < -0.3 is 0 Å². The first-order valence-electron chi connectivity index (χ1n) is 34.8. The molecular weight excluding hydrogens is 841 g/mol. The van der Waals surface area contributed by atoms with E-state index in [2.05, 4.69) is 0 Å². The van der Waals surface area contributed by atoms with Crippen LogP contribution in [0.4, 0.5) is 0 Å². The van der Waals surface area contributed by atoms with Crippen molar-refractivity contribution in [1.82, 2.24) is 0 Å². The fraction of sp³-hybridized carbons (Fsp3) is 1.00. The van der Waals surface area contributed by atoms with Gasteiger partial charge in [0.25, 0.3) is 0 Å². The second kappa shape index (κ2) is 36.1. The van der Waals surface area contributed by atoms with Crippen molar-refractivity contribution in [2.24, 2.45) is 71.0 Å². The largest absolute Gasteiger partial charge is 0.0533 e. The fourth-order valence-electron chi connectivity index (χ4n) is 17.9. The summed E-state index contributed by atoms with van der Waals surface area (Å²) in [5.74, 6) is 14.2. The smallest absolute Gasteiger partial charge is 0.0355 e. The van der Waals surface area contributed by atoms with Crippen molar-refractivity contribution in [1.29, 1.82) is 0 Å². The summed E-state index contributed by atoms with van der Waals surface area (Å²) in [6.07, 6.45) is 88.8. The molecule has 0 spiro atoms. The Balaban J connectivity index is 0.000000117. The Labute approximate surface area is 441 Å². The van der Waals surface area contributed by atoms with E-state index in [4.69, 9.17) is 0 Å². The summed E-state index contributed by atoms with van der Waals surface area (Å²) in [7, 11) is 0. The quantitative estimate of drug-likeness (QED) is 0.212. The summed E-state index contributed by atoms with van der Waals surface area (Å²) in [5, 5.41) is 0. The predicted octanol–water partition coefficient (Wildman–Crippen LogP) is 24.1. The van der Waals surface area contributed by atoms with E-state index in [0.29, 0.717) is 0 Å². The van der Waals surface area contributed by atoms with Gasteiger partial charge in [0.1, 0.15) is 0 Å². The summed E-state index contributed by atoms with van der Waals surface area (Å²) in [6, 6.07) is 0. The molecule has 0 aromatic heterocycles. The van der Waals surface area contributed by atoms with E-state index >= 15 is 0 Å². The third kappa shape index (κ3) is 23.5. The molecule has 0 aromatic rings. The standard InChI is InChI=1S/2C10H16.C10H18.C8H16.C7H12.C7H14.C6H12.C5H10.C4H8.C3H6/c1-7-2-9-4-8(1)5-10(3-7)6-9;1-2-9-7-4-5-8(6-7)10(9)3-1;1-2-6-10-8-4-3-7-9(10)5-1;1-2-4-6-8-7-5-3-1;1-2-7-4-3-6(1)5-7;1-2-4-6-7-5-3-1;1-2-4-6-5-3-1;1-2-4-5-3-1;1-2-4-3-1;1-2-3-1/h2*7-10H,1-6H2;9-10H,1-8H2;1-8H2;6-7H,1-5H2;1-7H2;1-6H2;1-5H2;1-4H2;1-3H2. The maximum absolute atomic E-state index is 1.62. The summed E-state index contributed by atoms with van der Waals surface area (Å²) in [4.78, 5) is 0. The highest BCUT2D eigenvalue weighted by molar-refractivity contribution is 4.99. The highest BCUT2D eigenvalue weighted by Crippen LogP contribution is 2.58. The number of fused-ring (bicyclic) bond motifs is 8. The Morgan fingerprint density at radius 3 is 0.500 bits per heavy atom. The van der Waals surface area contributed by atoms with Crippen LogP contribution in [-0.2, 0) is 0 Å². The van der Waals surface area contributed by atoms with Gasteiger partial charge in [0.15, 0.2) is 0 Å². The predicted molar refractivity (Wildman–Crippen MR) is 310 cm³/mol. The summed E-state index contributed by atoms with van der Waals surface area (Å²) in [5.41, 5.74) is 0. The van der Waals surface area contributed by atoms with Gasteiger partial charge in [0.05, 0.1) is 0 Å². The minimum absolute atomic E-state index is 1.16. The second-order valence-corrected chi connectivity index (χ2v) is 28.3. The summed E-state index contributed by atoms with van der Waals surface area (Å²) >= 11 is 0.